The number of nitrogens with zero attached hydrogens (tertiary/aromatic N) is 3. The summed E-state index contributed by atoms with van der Waals surface area (Å²) >= 11 is 1.57. The molecule has 0 aliphatic carbocycles. The van der Waals surface area contributed by atoms with Gasteiger partial charge >= 0.3 is 0 Å². The number of hydrogen-bond donors (Lipinski definition) is 1. The molecule has 0 spiro atoms. The van der Waals surface area contributed by atoms with E-state index in [1.807, 2.05) is 45.3 Å². The number of likely N-dealkylation sites (tertiary alicyclic amines) is 1. The van der Waals surface area contributed by atoms with Crippen LogP contribution in [0.4, 0.5) is 0 Å². The summed E-state index contributed by atoms with van der Waals surface area (Å²) in [5, 5.41) is 1.98. The Hall–Kier alpha value is -1.89. The molecule has 1 aliphatic rings. The van der Waals surface area contributed by atoms with Crippen molar-refractivity contribution in [2.24, 2.45) is 5.73 Å². The van der Waals surface area contributed by atoms with Crippen LogP contribution in [0, 0.1) is 0 Å². The Morgan fingerprint density at radius 3 is 2.83 bits per heavy atom. The number of fused-ring (bicyclic) bond motifs is 1. The molecule has 0 unspecified atom stereocenters. The minimum absolute atomic E-state index is 0. The highest BCUT2D eigenvalue weighted by atomic mass is 35.5. The van der Waals surface area contributed by atoms with Crippen LogP contribution in [0.25, 0.3) is 4.96 Å². The first-order valence-corrected chi connectivity index (χ1v) is 8.58. The highest BCUT2D eigenvalue weighted by Crippen LogP contribution is 2.26. The summed E-state index contributed by atoms with van der Waals surface area (Å²) in [5.41, 5.74) is 8.29. The molecule has 4 rings (SSSR count). The van der Waals surface area contributed by atoms with Crippen LogP contribution < -0.4 is 5.73 Å². The Labute approximate surface area is 150 Å². The molecular formula is C17H19ClN4OS. The van der Waals surface area contributed by atoms with Crippen LogP contribution in [-0.2, 0) is 11.2 Å². The maximum atomic E-state index is 12.6. The van der Waals surface area contributed by atoms with Gasteiger partial charge in [0.25, 0.3) is 0 Å². The number of halogens is 1. The first-order valence-electron chi connectivity index (χ1n) is 7.70. The SMILES string of the molecule is Cl.N[C@@H]1CN(C(=O)Cc2cn3ccsc3n2)C[C@H]1c1ccccc1. The molecule has 1 aliphatic heterocycles. The van der Waals surface area contributed by atoms with Crippen LogP contribution in [-0.4, -0.2) is 39.3 Å². The number of carbonyl (C=O) groups excluding carboxylic acids is 1. The second-order valence-electron chi connectivity index (χ2n) is 5.98. The number of thiazole rings is 1. The Morgan fingerprint density at radius 2 is 2.08 bits per heavy atom. The number of benzene rings is 1. The number of nitrogens with two attached hydrogens (primary N) is 1. The summed E-state index contributed by atoms with van der Waals surface area (Å²) in [6.07, 6.45) is 4.22. The van der Waals surface area contributed by atoms with Gasteiger partial charge in [0, 0.05) is 42.8 Å². The smallest absolute Gasteiger partial charge is 0.228 e. The van der Waals surface area contributed by atoms with Crippen molar-refractivity contribution < 1.29 is 4.79 Å². The summed E-state index contributed by atoms with van der Waals surface area (Å²) in [6, 6.07) is 10.2. The van der Waals surface area contributed by atoms with E-state index in [4.69, 9.17) is 5.73 Å². The lowest BCUT2D eigenvalue weighted by Gasteiger charge is -2.16. The zero-order valence-electron chi connectivity index (χ0n) is 13.0. The fourth-order valence-electron chi connectivity index (χ4n) is 3.21. The van der Waals surface area contributed by atoms with Gasteiger partial charge in [-0.15, -0.1) is 23.7 Å². The molecule has 2 atom stereocenters. The second kappa shape index (κ2) is 6.93. The van der Waals surface area contributed by atoms with E-state index in [-0.39, 0.29) is 30.3 Å². The van der Waals surface area contributed by atoms with Crippen LogP contribution in [0.15, 0.2) is 48.1 Å². The first-order chi connectivity index (χ1) is 11.2. The number of rotatable bonds is 3. The molecule has 7 heteroatoms. The van der Waals surface area contributed by atoms with E-state index >= 15 is 0 Å². The van der Waals surface area contributed by atoms with Gasteiger partial charge in [-0.05, 0) is 5.56 Å². The van der Waals surface area contributed by atoms with Crippen LogP contribution in [0.3, 0.4) is 0 Å². The maximum Gasteiger partial charge on any atom is 0.228 e. The van der Waals surface area contributed by atoms with Gasteiger partial charge in [-0.25, -0.2) is 4.98 Å². The van der Waals surface area contributed by atoms with Gasteiger partial charge in [0.2, 0.25) is 5.91 Å². The van der Waals surface area contributed by atoms with Gasteiger partial charge in [0.1, 0.15) is 0 Å². The lowest BCUT2D eigenvalue weighted by Crippen LogP contribution is -2.33. The number of carbonyl (C=O) groups is 1. The quantitative estimate of drug-likeness (QED) is 0.777. The van der Waals surface area contributed by atoms with Gasteiger partial charge in [-0.3, -0.25) is 9.20 Å². The largest absolute Gasteiger partial charge is 0.340 e. The zero-order valence-corrected chi connectivity index (χ0v) is 14.7. The molecule has 0 saturated carbocycles. The van der Waals surface area contributed by atoms with E-state index in [9.17, 15) is 4.79 Å². The molecule has 2 aromatic heterocycles. The number of imidazole rings is 1. The number of amides is 1. The highest BCUT2D eigenvalue weighted by molar-refractivity contribution is 7.15. The molecule has 126 valence electrons. The monoisotopic (exact) mass is 362 g/mol. The molecular weight excluding hydrogens is 344 g/mol. The van der Waals surface area contributed by atoms with Crippen molar-refractivity contribution in [2.45, 2.75) is 18.4 Å². The minimum Gasteiger partial charge on any atom is -0.340 e. The Kier molecular flexibility index (Phi) is 4.89. The van der Waals surface area contributed by atoms with Crippen molar-refractivity contribution in [3.8, 4) is 0 Å². The van der Waals surface area contributed by atoms with Gasteiger partial charge < -0.3 is 10.6 Å². The van der Waals surface area contributed by atoms with Crippen molar-refractivity contribution >= 4 is 34.6 Å². The van der Waals surface area contributed by atoms with Gasteiger partial charge in [0.15, 0.2) is 4.96 Å². The Morgan fingerprint density at radius 1 is 1.29 bits per heavy atom. The van der Waals surface area contributed by atoms with E-state index < -0.39 is 0 Å². The van der Waals surface area contributed by atoms with Crippen molar-refractivity contribution in [2.75, 3.05) is 13.1 Å². The van der Waals surface area contributed by atoms with Crippen LogP contribution >= 0.6 is 23.7 Å². The normalized spacial score (nSPS) is 20.3. The predicted octanol–water partition coefficient (Wildman–Crippen LogP) is 2.31. The molecule has 0 radical (unpaired) electrons. The van der Waals surface area contributed by atoms with Gasteiger partial charge in [-0.1, -0.05) is 30.3 Å². The summed E-state index contributed by atoms with van der Waals surface area (Å²) in [5.74, 6) is 0.315. The summed E-state index contributed by atoms with van der Waals surface area (Å²) in [6.45, 7) is 1.30. The van der Waals surface area contributed by atoms with Crippen LogP contribution in [0.2, 0.25) is 0 Å². The molecule has 2 N–H and O–H groups in total. The fourth-order valence-corrected chi connectivity index (χ4v) is 3.93. The van der Waals surface area contributed by atoms with Gasteiger partial charge in [0.05, 0.1) is 12.1 Å². The lowest BCUT2D eigenvalue weighted by molar-refractivity contribution is -0.129. The third kappa shape index (κ3) is 3.17. The zero-order chi connectivity index (χ0) is 15.8. The average molecular weight is 363 g/mol. The van der Waals surface area contributed by atoms with E-state index in [1.54, 1.807) is 11.3 Å². The van der Waals surface area contributed by atoms with Crippen molar-refractivity contribution in [3.63, 3.8) is 0 Å². The topological polar surface area (TPSA) is 63.6 Å². The van der Waals surface area contributed by atoms with Crippen molar-refractivity contribution in [3.05, 3.63) is 59.4 Å². The lowest BCUT2D eigenvalue weighted by atomic mass is 9.95. The van der Waals surface area contributed by atoms with E-state index in [0.29, 0.717) is 19.5 Å². The average Bonchev–Trinajstić information content (AvgIpc) is 3.22. The third-order valence-corrected chi connectivity index (χ3v) is 5.19. The second-order valence-corrected chi connectivity index (χ2v) is 6.85. The predicted molar refractivity (Wildman–Crippen MR) is 97.8 cm³/mol. The van der Waals surface area contributed by atoms with Crippen molar-refractivity contribution in [1.82, 2.24) is 14.3 Å². The van der Waals surface area contributed by atoms with E-state index in [2.05, 4.69) is 17.1 Å². The number of hydrogen-bond acceptors (Lipinski definition) is 4. The number of aromatic nitrogens is 2. The highest BCUT2D eigenvalue weighted by Gasteiger charge is 2.33. The summed E-state index contributed by atoms with van der Waals surface area (Å²) in [4.78, 5) is 19.8. The van der Waals surface area contributed by atoms with Crippen LogP contribution in [0.1, 0.15) is 17.2 Å². The maximum absolute atomic E-state index is 12.6. The Balaban J connectivity index is 0.00000169. The molecule has 1 fully saturated rings. The minimum atomic E-state index is -0.00755. The van der Waals surface area contributed by atoms with E-state index in [0.717, 1.165) is 10.7 Å². The molecule has 1 amide bonds. The van der Waals surface area contributed by atoms with E-state index in [1.165, 1.54) is 5.56 Å². The van der Waals surface area contributed by atoms with Gasteiger partial charge in [-0.2, -0.15) is 0 Å². The Bertz CT molecular complexity index is 803. The standard InChI is InChI=1S/C17H18N4OS.ClH/c18-15-11-21(10-14(15)12-4-2-1-3-5-12)16(22)8-13-9-20-6-7-23-17(20)19-13;/h1-7,9,14-15H,8,10-11,18H2;1H/t14-,15+;/m0./s1. The van der Waals surface area contributed by atoms with Crippen molar-refractivity contribution in [1.29, 1.82) is 0 Å². The summed E-state index contributed by atoms with van der Waals surface area (Å²) < 4.78 is 1.95. The molecule has 1 aromatic carbocycles. The molecule has 0 bridgehead atoms. The summed E-state index contributed by atoms with van der Waals surface area (Å²) in [7, 11) is 0. The van der Waals surface area contributed by atoms with Crippen LogP contribution in [0.5, 0.6) is 0 Å². The fraction of sp³-hybridized carbons (Fsp3) is 0.294. The molecule has 24 heavy (non-hydrogen) atoms. The molecule has 5 nitrogen and oxygen atoms in total. The molecule has 1 saturated heterocycles. The third-order valence-electron chi connectivity index (χ3n) is 4.42. The molecule has 3 heterocycles. The molecule has 3 aromatic rings. The first kappa shape index (κ1) is 17.0.